The summed E-state index contributed by atoms with van der Waals surface area (Å²) < 4.78 is 14.2. The molecule has 0 radical (unpaired) electrons. The van der Waals surface area contributed by atoms with Crippen LogP contribution in [0.2, 0.25) is 0 Å². The number of aliphatic hydroxyl groups excluding tert-OH is 1. The van der Waals surface area contributed by atoms with E-state index in [0.717, 1.165) is 11.3 Å². The van der Waals surface area contributed by atoms with Crippen LogP contribution in [0.15, 0.2) is 37.6 Å². The monoisotopic (exact) mass is 496 g/mol. The fourth-order valence-corrected chi connectivity index (χ4v) is 4.34. The van der Waals surface area contributed by atoms with Crippen molar-refractivity contribution in [2.24, 2.45) is 26.6 Å². The number of hydrogen-bond donors (Lipinski definition) is 3. The summed E-state index contributed by atoms with van der Waals surface area (Å²) in [5.41, 5.74) is 10.2. The highest BCUT2D eigenvalue weighted by Crippen LogP contribution is 2.37. The van der Waals surface area contributed by atoms with Gasteiger partial charge in [0.1, 0.15) is 11.7 Å². The lowest BCUT2D eigenvalue weighted by Gasteiger charge is -2.36. The molecule has 2 heterocycles. The number of fused-ring (bicyclic) bond motifs is 1. The van der Waals surface area contributed by atoms with E-state index >= 15 is 0 Å². The number of nitrogens with one attached hydrogen (secondary N) is 1. The number of aliphatic hydroxyl groups is 1. The van der Waals surface area contributed by atoms with E-state index in [1.165, 1.54) is 17.0 Å². The number of amides is 1. The molecular formula is C20H26BrFN6O3. The van der Waals surface area contributed by atoms with E-state index in [4.69, 9.17) is 15.6 Å². The number of nitrogens with zero attached hydrogens (tertiary/aromatic N) is 4. The third kappa shape index (κ3) is 5.28. The molecule has 0 bridgehead atoms. The van der Waals surface area contributed by atoms with Crippen molar-refractivity contribution in [3.8, 4) is 0 Å². The van der Waals surface area contributed by atoms with Gasteiger partial charge in [0.15, 0.2) is 6.10 Å². The van der Waals surface area contributed by atoms with Crippen LogP contribution in [0.4, 0.5) is 4.39 Å². The molecule has 0 saturated carbocycles. The Labute approximate surface area is 188 Å². The van der Waals surface area contributed by atoms with Gasteiger partial charge >= 0.3 is 0 Å². The minimum absolute atomic E-state index is 0.122. The average Bonchev–Trinajstić information content (AvgIpc) is 2.69. The van der Waals surface area contributed by atoms with Crippen molar-refractivity contribution in [1.29, 1.82) is 0 Å². The fourth-order valence-electron chi connectivity index (χ4n) is 3.73. The number of carbonyl (C=O) groups is 1. The van der Waals surface area contributed by atoms with Crippen LogP contribution in [0.25, 0.3) is 0 Å². The summed E-state index contributed by atoms with van der Waals surface area (Å²) in [4.78, 5) is 33.0. The molecule has 4 atom stereocenters. The Balaban J connectivity index is 1.92. The van der Waals surface area contributed by atoms with Gasteiger partial charge < -0.3 is 15.7 Å². The first-order valence-corrected chi connectivity index (χ1v) is 10.6. The summed E-state index contributed by atoms with van der Waals surface area (Å²) >= 11 is 3.41. The molecule has 31 heavy (non-hydrogen) atoms. The van der Waals surface area contributed by atoms with Gasteiger partial charge in [-0.05, 0) is 31.0 Å². The number of nitrogens with two attached hydrogens (primary N) is 1. The Morgan fingerprint density at radius 3 is 2.84 bits per heavy atom. The zero-order valence-electron chi connectivity index (χ0n) is 17.5. The SMILES string of the molecule is CC1=NC(N)=N[C@@H]2CC(c3ccc(F)cc3Br)N=C(NO[C@@H](CCO)C(=O)N(C)C)C12. The summed E-state index contributed by atoms with van der Waals surface area (Å²) in [5.74, 6) is -0.300. The highest BCUT2D eigenvalue weighted by molar-refractivity contribution is 9.10. The van der Waals surface area contributed by atoms with Gasteiger partial charge in [0.2, 0.25) is 5.96 Å². The highest BCUT2D eigenvalue weighted by atomic mass is 79.9. The minimum Gasteiger partial charge on any atom is -0.396 e. The standard InChI is InChI=1S/C20H26BrFN6O3/c1-10-17-15(26-20(23)24-10)9-14(12-5-4-11(22)8-13(12)21)25-18(17)27-31-16(6-7-29)19(30)28(2)3/h4-5,8,14-17,29H,6-7,9H2,1-3H3,(H2,23,26)(H,25,27)/t14?,15-,16+,17?/m1/s1. The van der Waals surface area contributed by atoms with Gasteiger partial charge in [-0.2, -0.15) is 0 Å². The maximum absolute atomic E-state index is 13.6. The zero-order chi connectivity index (χ0) is 22.7. The molecule has 0 aromatic heterocycles. The number of halogens is 2. The molecule has 168 valence electrons. The molecule has 2 aliphatic rings. The first-order chi connectivity index (χ1) is 14.7. The van der Waals surface area contributed by atoms with Crippen molar-refractivity contribution in [2.45, 2.75) is 38.0 Å². The third-order valence-corrected chi connectivity index (χ3v) is 5.90. The first-order valence-electron chi connectivity index (χ1n) is 9.86. The van der Waals surface area contributed by atoms with Crippen LogP contribution in [0.3, 0.4) is 0 Å². The van der Waals surface area contributed by atoms with Crippen molar-refractivity contribution >= 4 is 39.3 Å². The highest BCUT2D eigenvalue weighted by Gasteiger charge is 2.39. The topological polar surface area (TPSA) is 125 Å². The Morgan fingerprint density at radius 1 is 1.45 bits per heavy atom. The number of guanidine groups is 1. The maximum Gasteiger partial charge on any atom is 0.254 e. The summed E-state index contributed by atoms with van der Waals surface area (Å²) in [6, 6.07) is 3.85. The Morgan fingerprint density at radius 2 is 2.19 bits per heavy atom. The third-order valence-electron chi connectivity index (χ3n) is 5.21. The van der Waals surface area contributed by atoms with Gasteiger partial charge in [-0.1, -0.05) is 22.0 Å². The number of hydrogen-bond acceptors (Lipinski definition) is 8. The van der Waals surface area contributed by atoms with E-state index in [1.807, 2.05) is 6.92 Å². The molecule has 1 aromatic rings. The molecule has 11 heteroatoms. The first kappa shape index (κ1) is 23.3. The predicted molar refractivity (Wildman–Crippen MR) is 119 cm³/mol. The number of benzene rings is 1. The lowest BCUT2D eigenvalue weighted by molar-refractivity contribution is -0.145. The van der Waals surface area contributed by atoms with E-state index < -0.39 is 6.10 Å². The van der Waals surface area contributed by atoms with E-state index in [9.17, 15) is 14.3 Å². The normalized spacial score (nSPS) is 23.8. The fraction of sp³-hybridized carbons (Fsp3) is 0.500. The second-order valence-electron chi connectivity index (χ2n) is 7.67. The Bertz CT molecular complexity index is 935. The molecule has 0 saturated heterocycles. The zero-order valence-corrected chi connectivity index (χ0v) is 19.1. The van der Waals surface area contributed by atoms with E-state index in [1.54, 1.807) is 20.2 Å². The molecule has 4 N–H and O–H groups in total. The molecule has 3 rings (SSSR count). The lowest BCUT2D eigenvalue weighted by Crippen LogP contribution is -2.49. The number of aliphatic imine (C=N–C) groups is 3. The van der Waals surface area contributed by atoms with Crippen LogP contribution >= 0.6 is 15.9 Å². The molecule has 9 nitrogen and oxygen atoms in total. The Hall–Kier alpha value is -2.37. The van der Waals surface area contributed by atoms with Crippen LogP contribution in [0, 0.1) is 11.7 Å². The summed E-state index contributed by atoms with van der Waals surface area (Å²) in [5, 5.41) is 9.31. The van der Waals surface area contributed by atoms with Gasteiger partial charge in [-0.25, -0.2) is 14.4 Å². The van der Waals surface area contributed by atoms with Crippen molar-refractivity contribution in [1.82, 2.24) is 10.4 Å². The summed E-state index contributed by atoms with van der Waals surface area (Å²) in [6.07, 6.45) is -0.227. The van der Waals surface area contributed by atoms with Crippen LogP contribution < -0.4 is 11.2 Å². The van der Waals surface area contributed by atoms with Crippen LogP contribution in [-0.4, -0.2) is 66.3 Å². The van der Waals surface area contributed by atoms with Crippen molar-refractivity contribution in [3.63, 3.8) is 0 Å². The smallest absolute Gasteiger partial charge is 0.254 e. The molecular weight excluding hydrogens is 471 g/mol. The quantitative estimate of drug-likeness (QED) is 0.515. The van der Waals surface area contributed by atoms with Crippen molar-refractivity contribution in [3.05, 3.63) is 34.1 Å². The van der Waals surface area contributed by atoms with Crippen LogP contribution in [0.5, 0.6) is 0 Å². The molecule has 0 fully saturated rings. The van der Waals surface area contributed by atoms with Gasteiger partial charge in [-0.3, -0.25) is 20.1 Å². The predicted octanol–water partition coefficient (Wildman–Crippen LogP) is 1.57. The minimum atomic E-state index is -0.895. The molecule has 0 aliphatic carbocycles. The van der Waals surface area contributed by atoms with Gasteiger partial charge in [-0.15, -0.1) is 0 Å². The van der Waals surface area contributed by atoms with E-state index in [2.05, 4.69) is 31.4 Å². The van der Waals surface area contributed by atoms with Crippen LogP contribution in [0.1, 0.15) is 31.4 Å². The molecule has 2 unspecified atom stereocenters. The van der Waals surface area contributed by atoms with Gasteiger partial charge in [0.25, 0.3) is 5.91 Å². The maximum atomic E-state index is 13.6. The number of amidine groups is 1. The van der Waals surface area contributed by atoms with Crippen molar-refractivity contribution in [2.75, 3.05) is 20.7 Å². The second-order valence-corrected chi connectivity index (χ2v) is 8.53. The molecule has 2 aliphatic heterocycles. The molecule has 0 spiro atoms. The lowest BCUT2D eigenvalue weighted by atomic mass is 9.84. The number of hydroxylamine groups is 1. The van der Waals surface area contributed by atoms with Crippen LogP contribution in [-0.2, 0) is 9.63 Å². The summed E-state index contributed by atoms with van der Waals surface area (Å²) in [6.45, 7) is 1.62. The molecule has 1 aromatic carbocycles. The molecule has 1 amide bonds. The second kappa shape index (κ2) is 9.84. The number of rotatable bonds is 6. The number of likely N-dealkylation sites (N-methyl/N-ethyl adjacent to an activating group) is 1. The van der Waals surface area contributed by atoms with E-state index in [0.29, 0.717) is 16.7 Å². The number of carbonyl (C=O) groups excluding carboxylic acids is 1. The summed E-state index contributed by atoms with van der Waals surface area (Å²) in [7, 11) is 3.23. The van der Waals surface area contributed by atoms with Crippen molar-refractivity contribution < 1.29 is 19.1 Å². The Kier molecular flexibility index (Phi) is 7.39. The van der Waals surface area contributed by atoms with Gasteiger partial charge in [0.05, 0.1) is 18.0 Å². The van der Waals surface area contributed by atoms with E-state index in [-0.39, 0.29) is 48.7 Å². The largest absolute Gasteiger partial charge is 0.396 e. The average molecular weight is 497 g/mol. The van der Waals surface area contributed by atoms with Gasteiger partial charge in [0, 0.05) is 37.3 Å².